The van der Waals surface area contributed by atoms with Gasteiger partial charge in [-0.3, -0.25) is 4.57 Å². The monoisotopic (exact) mass is 786 g/mol. The van der Waals surface area contributed by atoms with Gasteiger partial charge < -0.3 is 8.98 Å². The minimum absolute atomic E-state index is 0.547. The van der Waals surface area contributed by atoms with Gasteiger partial charge in [0.2, 0.25) is 11.8 Å². The largest absolute Gasteiger partial charge is 0.436 e. The molecule has 60 heavy (non-hydrogen) atoms. The smallest absolute Gasteiger partial charge is 0.238 e. The summed E-state index contributed by atoms with van der Waals surface area (Å²) >= 11 is 1.79. The van der Waals surface area contributed by atoms with Gasteiger partial charge in [-0.2, -0.15) is 9.97 Å². The van der Waals surface area contributed by atoms with Crippen LogP contribution in [0.5, 0.6) is 0 Å². The van der Waals surface area contributed by atoms with Crippen LogP contribution in [-0.4, -0.2) is 29.1 Å². The molecule has 0 saturated carbocycles. The zero-order valence-electron chi connectivity index (χ0n) is 31.8. The van der Waals surface area contributed by atoms with E-state index in [0.717, 1.165) is 77.1 Å². The standard InChI is InChI=1S/C52H30N6OS/c1-2-13-31(14-3-1)49-54-50(32-25-26-38-37-19-6-11-24-45(37)60-46(38)30-32)56-52(55-49)58-43-22-9-5-18-36(43)40-28-27-39-35-17-4-8-21-42(35)57(47(39)48(40)58)34-16-12-15-33(29-34)51-53-41-20-7-10-23-44(41)59-51/h1-30H. The van der Waals surface area contributed by atoms with Gasteiger partial charge in [-0.15, -0.1) is 11.3 Å². The molecule has 280 valence electrons. The number of hydrogen-bond donors (Lipinski definition) is 0. The quantitative estimate of drug-likeness (QED) is 0.174. The lowest BCUT2D eigenvalue weighted by Crippen LogP contribution is -2.07. The number of aromatic nitrogens is 6. The summed E-state index contributed by atoms with van der Waals surface area (Å²) in [6, 6.07) is 63.3. The number of oxazole rings is 1. The van der Waals surface area contributed by atoms with Gasteiger partial charge in [0.05, 0.1) is 22.1 Å². The molecule has 0 aliphatic rings. The van der Waals surface area contributed by atoms with E-state index in [-0.39, 0.29) is 0 Å². The van der Waals surface area contributed by atoms with Crippen molar-refractivity contribution in [3.8, 4) is 45.9 Å². The van der Waals surface area contributed by atoms with Crippen molar-refractivity contribution >= 4 is 86.2 Å². The van der Waals surface area contributed by atoms with Crippen LogP contribution in [0, 0.1) is 0 Å². The molecule has 0 amide bonds. The third-order valence-electron chi connectivity index (χ3n) is 11.6. The van der Waals surface area contributed by atoms with Crippen molar-refractivity contribution in [1.29, 1.82) is 0 Å². The van der Waals surface area contributed by atoms with E-state index in [1.807, 2.05) is 42.5 Å². The predicted octanol–water partition coefficient (Wildman–Crippen LogP) is 13.6. The molecule has 0 fully saturated rings. The molecule has 0 aliphatic carbocycles. The second kappa shape index (κ2) is 12.8. The minimum atomic E-state index is 0.547. The maximum atomic E-state index is 6.28. The van der Waals surface area contributed by atoms with Crippen LogP contribution in [0.1, 0.15) is 0 Å². The first-order valence-corrected chi connectivity index (χ1v) is 20.7. The first kappa shape index (κ1) is 33.1. The molecule has 0 N–H and O–H groups in total. The van der Waals surface area contributed by atoms with Crippen molar-refractivity contribution in [2.24, 2.45) is 0 Å². The SMILES string of the molecule is c1ccc(-c2nc(-c3ccc4c(c3)sc3ccccc34)nc(-n3c4ccccc4c4ccc5c6ccccc6n(-c6cccc(-c7nc8ccccc8o7)c6)c5c43)n2)cc1. The summed E-state index contributed by atoms with van der Waals surface area (Å²) in [5.74, 6) is 2.35. The van der Waals surface area contributed by atoms with Crippen molar-refractivity contribution in [3.63, 3.8) is 0 Å². The summed E-state index contributed by atoms with van der Waals surface area (Å²) in [6.45, 7) is 0. The van der Waals surface area contributed by atoms with Crippen LogP contribution in [0.2, 0.25) is 0 Å². The highest BCUT2D eigenvalue weighted by Crippen LogP contribution is 2.42. The molecule has 7 nitrogen and oxygen atoms in total. The zero-order valence-corrected chi connectivity index (χ0v) is 32.6. The van der Waals surface area contributed by atoms with E-state index in [4.69, 9.17) is 24.4 Å². The molecule has 13 aromatic rings. The first-order valence-electron chi connectivity index (χ1n) is 19.9. The average Bonchev–Trinajstić information content (AvgIpc) is 4.08. The highest BCUT2D eigenvalue weighted by Gasteiger charge is 2.24. The Balaban J connectivity index is 1.11. The third-order valence-corrected chi connectivity index (χ3v) is 12.7. The van der Waals surface area contributed by atoms with E-state index in [9.17, 15) is 0 Å². The normalized spacial score (nSPS) is 12.0. The van der Waals surface area contributed by atoms with Crippen LogP contribution < -0.4 is 0 Å². The van der Waals surface area contributed by atoms with Crippen molar-refractivity contribution in [3.05, 3.63) is 182 Å². The Kier molecular flexibility index (Phi) is 7.05. The van der Waals surface area contributed by atoms with E-state index in [2.05, 4.69) is 149 Å². The van der Waals surface area contributed by atoms with Crippen LogP contribution in [0.4, 0.5) is 0 Å². The fourth-order valence-corrected chi connectivity index (χ4v) is 10.1. The number of para-hydroxylation sites is 4. The molecule has 13 rings (SSSR count). The van der Waals surface area contributed by atoms with Crippen LogP contribution in [0.15, 0.2) is 186 Å². The summed E-state index contributed by atoms with van der Waals surface area (Å²) in [6.07, 6.45) is 0. The highest BCUT2D eigenvalue weighted by molar-refractivity contribution is 7.25. The van der Waals surface area contributed by atoms with Crippen LogP contribution in [-0.2, 0) is 0 Å². The van der Waals surface area contributed by atoms with Gasteiger partial charge in [-0.05, 0) is 54.6 Å². The van der Waals surface area contributed by atoms with Crippen molar-refractivity contribution in [2.75, 3.05) is 0 Å². The van der Waals surface area contributed by atoms with E-state index in [1.165, 1.54) is 20.2 Å². The lowest BCUT2D eigenvalue weighted by molar-refractivity contribution is 0.620. The Morgan fingerprint density at radius 1 is 0.400 bits per heavy atom. The average molecular weight is 787 g/mol. The van der Waals surface area contributed by atoms with Gasteiger partial charge in [0, 0.05) is 64.1 Å². The summed E-state index contributed by atoms with van der Waals surface area (Å²) in [7, 11) is 0. The van der Waals surface area contributed by atoms with Gasteiger partial charge in [-0.25, -0.2) is 9.97 Å². The zero-order chi connectivity index (χ0) is 39.3. The van der Waals surface area contributed by atoms with E-state index in [1.54, 1.807) is 11.3 Å². The molecular formula is C52H30N6OS. The molecule has 8 heteroatoms. The molecule has 5 aromatic heterocycles. The van der Waals surface area contributed by atoms with Gasteiger partial charge in [0.15, 0.2) is 17.2 Å². The highest BCUT2D eigenvalue weighted by atomic mass is 32.1. The predicted molar refractivity (Wildman–Crippen MR) is 245 cm³/mol. The van der Waals surface area contributed by atoms with Crippen LogP contribution in [0.3, 0.4) is 0 Å². The number of hydrogen-bond acceptors (Lipinski definition) is 6. The van der Waals surface area contributed by atoms with Crippen molar-refractivity contribution < 1.29 is 4.42 Å². The van der Waals surface area contributed by atoms with Gasteiger partial charge in [0.25, 0.3) is 0 Å². The molecule has 8 aromatic carbocycles. The summed E-state index contributed by atoms with van der Waals surface area (Å²) < 4.78 is 13.3. The Morgan fingerprint density at radius 3 is 1.82 bits per heavy atom. The lowest BCUT2D eigenvalue weighted by Gasteiger charge is -2.13. The molecule has 0 saturated heterocycles. The van der Waals surface area contributed by atoms with E-state index >= 15 is 0 Å². The molecule has 0 radical (unpaired) electrons. The maximum Gasteiger partial charge on any atom is 0.238 e. The molecular weight excluding hydrogens is 757 g/mol. The fraction of sp³-hybridized carbons (Fsp3) is 0. The second-order valence-corrected chi connectivity index (χ2v) is 16.1. The second-order valence-electron chi connectivity index (χ2n) is 15.1. The Hall–Kier alpha value is -7.94. The number of thiophene rings is 1. The van der Waals surface area contributed by atoms with Gasteiger partial charge in [0.1, 0.15) is 5.52 Å². The molecule has 0 aliphatic heterocycles. The van der Waals surface area contributed by atoms with Crippen LogP contribution >= 0.6 is 11.3 Å². The van der Waals surface area contributed by atoms with E-state index in [0.29, 0.717) is 23.5 Å². The van der Waals surface area contributed by atoms with Crippen molar-refractivity contribution in [1.82, 2.24) is 29.1 Å². The third kappa shape index (κ3) is 4.95. The summed E-state index contributed by atoms with van der Waals surface area (Å²) in [5.41, 5.74) is 9.48. The molecule has 5 heterocycles. The summed E-state index contributed by atoms with van der Waals surface area (Å²) in [4.78, 5) is 20.7. The molecule has 0 bridgehead atoms. The Morgan fingerprint density at radius 2 is 1.02 bits per heavy atom. The molecule has 0 unspecified atom stereocenters. The number of fused-ring (bicyclic) bond motifs is 11. The number of nitrogens with zero attached hydrogens (tertiary/aromatic N) is 6. The molecule has 0 spiro atoms. The maximum absolute atomic E-state index is 6.28. The van der Waals surface area contributed by atoms with Crippen molar-refractivity contribution in [2.45, 2.75) is 0 Å². The molecule has 0 atom stereocenters. The summed E-state index contributed by atoms with van der Waals surface area (Å²) in [5, 5.41) is 6.98. The topological polar surface area (TPSA) is 74.6 Å². The van der Waals surface area contributed by atoms with E-state index < -0.39 is 0 Å². The Bertz CT molecular complexity index is 3820. The first-order chi connectivity index (χ1) is 29.7. The lowest BCUT2D eigenvalue weighted by atomic mass is 10.1. The number of benzene rings is 8. The number of rotatable bonds is 5. The van der Waals surface area contributed by atoms with Crippen LogP contribution in [0.25, 0.3) is 121 Å². The minimum Gasteiger partial charge on any atom is -0.436 e. The fourth-order valence-electron chi connectivity index (χ4n) is 8.93. The van der Waals surface area contributed by atoms with Gasteiger partial charge in [-0.1, -0.05) is 127 Å². The Labute approximate surface area is 346 Å². The van der Waals surface area contributed by atoms with Gasteiger partial charge >= 0.3 is 0 Å².